The van der Waals surface area contributed by atoms with E-state index in [0.29, 0.717) is 12.1 Å². The summed E-state index contributed by atoms with van der Waals surface area (Å²) < 4.78 is 0. The number of nitrogens with one attached hydrogen (secondary N) is 1. The molecule has 0 aliphatic rings. The van der Waals surface area contributed by atoms with Crippen LogP contribution in [-0.2, 0) is 0 Å². The van der Waals surface area contributed by atoms with E-state index in [0.717, 1.165) is 5.92 Å². The zero-order chi connectivity index (χ0) is 14.1. The van der Waals surface area contributed by atoms with Gasteiger partial charge in [-0.15, -0.1) is 0 Å². The van der Waals surface area contributed by atoms with Crippen LogP contribution in [0.5, 0.6) is 0 Å². The molecule has 104 valence electrons. The third-order valence-corrected chi connectivity index (χ3v) is 2.16. The summed E-state index contributed by atoms with van der Waals surface area (Å²) >= 11 is 0. The summed E-state index contributed by atoms with van der Waals surface area (Å²) in [5.41, 5.74) is 0. The van der Waals surface area contributed by atoms with E-state index in [4.69, 9.17) is 0 Å². The van der Waals surface area contributed by atoms with Crippen molar-refractivity contribution >= 4 is 0 Å². The Kier molecular flexibility index (Phi) is 37.9. The highest BCUT2D eigenvalue weighted by Gasteiger charge is 2.08. The molecule has 0 aromatic heterocycles. The summed E-state index contributed by atoms with van der Waals surface area (Å²) in [5.74, 6) is 0.744. The molecule has 0 aromatic rings. The molecule has 0 heterocycles. The van der Waals surface area contributed by atoms with Crippen molar-refractivity contribution in [3.05, 3.63) is 0 Å². The van der Waals surface area contributed by atoms with Gasteiger partial charge in [0.2, 0.25) is 0 Å². The normalized spacial score (nSPS) is 12.0. The Morgan fingerprint density at radius 1 is 0.750 bits per heavy atom. The van der Waals surface area contributed by atoms with E-state index in [1.54, 1.807) is 0 Å². The molecule has 0 spiro atoms. The molecule has 0 aliphatic heterocycles. The minimum absolute atomic E-state index is 0.648. The lowest BCUT2D eigenvalue weighted by molar-refractivity contribution is 0.378. The summed E-state index contributed by atoms with van der Waals surface area (Å²) in [6, 6.07) is 1.31. The molecule has 0 saturated heterocycles. The van der Waals surface area contributed by atoms with Gasteiger partial charge in [0.1, 0.15) is 0 Å². The quantitative estimate of drug-likeness (QED) is 0.676. The molecule has 2 atom stereocenters. The van der Waals surface area contributed by atoms with Crippen LogP contribution in [0, 0.1) is 5.92 Å². The maximum atomic E-state index is 3.53. The molecular formula is C15H39N. The fourth-order valence-corrected chi connectivity index (χ4v) is 0.759. The molecule has 0 aromatic carbocycles. The van der Waals surface area contributed by atoms with Crippen LogP contribution in [0.25, 0.3) is 0 Å². The standard InChI is InChI=1S/C9H21N.3C2H6/c1-6-8(4)10-9(5)7(2)3;3*1-2/h7-10H,6H2,1-5H3;3*1-2H3. The first-order chi connectivity index (χ1) is 7.57. The Morgan fingerprint density at radius 2 is 1.06 bits per heavy atom. The van der Waals surface area contributed by atoms with Crippen LogP contribution in [0.2, 0.25) is 0 Å². The molecule has 0 rings (SSSR count). The van der Waals surface area contributed by atoms with Crippen LogP contribution in [0.15, 0.2) is 0 Å². The van der Waals surface area contributed by atoms with Gasteiger partial charge in [-0.3, -0.25) is 0 Å². The van der Waals surface area contributed by atoms with Crippen LogP contribution in [0.1, 0.15) is 82.6 Å². The molecule has 0 saturated carbocycles. The monoisotopic (exact) mass is 233 g/mol. The maximum absolute atomic E-state index is 3.53. The van der Waals surface area contributed by atoms with E-state index in [1.165, 1.54) is 6.42 Å². The smallest absolute Gasteiger partial charge is 0.00642 e. The van der Waals surface area contributed by atoms with Crippen molar-refractivity contribution in [1.82, 2.24) is 5.32 Å². The first-order valence-corrected chi connectivity index (χ1v) is 7.34. The molecule has 1 N–H and O–H groups in total. The van der Waals surface area contributed by atoms with Gasteiger partial charge in [-0.05, 0) is 26.2 Å². The van der Waals surface area contributed by atoms with E-state index in [2.05, 4.69) is 39.9 Å². The molecule has 2 unspecified atom stereocenters. The minimum atomic E-state index is 0.648. The number of hydrogen-bond acceptors (Lipinski definition) is 1. The second-order valence-corrected chi connectivity index (χ2v) is 3.51. The van der Waals surface area contributed by atoms with Crippen LogP contribution in [0.4, 0.5) is 0 Å². The molecular weight excluding hydrogens is 194 g/mol. The number of rotatable bonds is 4. The second kappa shape index (κ2) is 24.3. The predicted molar refractivity (Wildman–Crippen MR) is 81.2 cm³/mol. The average molecular weight is 233 g/mol. The average Bonchev–Trinajstić information content (AvgIpc) is 2.36. The van der Waals surface area contributed by atoms with Crippen LogP contribution in [-0.4, -0.2) is 12.1 Å². The van der Waals surface area contributed by atoms with Gasteiger partial charge in [0.25, 0.3) is 0 Å². The molecule has 0 amide bonds. The summed E-state index contributed by atoms with van der Waals surface area (Å²) in [5, 5.41) is 3.53. The van der Waals surface area contributed by atoms with Crippen molar-refractivity contribution in [3.8, 4) is 0 Å². The zero-order valence-corrected chi connectivity index (χ0v) is 13.9. The third kappa shape index (κ3) is 23.6. The van der Waals surface area contributed by atoms with Gasteiger partial charge in [0, 0.05) is 12.1 Å². The molecule has 1 nitrogen and oxygen atoms in total. The summed E-state index contributed by atoms with van der Waals surface area (Å²) in [6.45, 7) is 23.2. The first-order valence-electron chi connectivity index (χ1n) is 7.34. The largest absolute Gasteiger partial charge is 0.312 e. The molecule has 0 fully saturated rings. The van der Waals surface area contributed by atoms with Crippen LogP contribution in [0.3, 0.4) is 0 Å². The van der Waals surface area contributed by atoms with Crippen molar-refractivity contribution in [3.63, 3.8) is 0 Å². The first kappa shape index (κ1) is 25.0. The zero-order valence-electron chi connectivity index (χ0n) is 13.9. The van der Waals surface area contributed by atoms with Crippen molar-refractivity contribution < 1.29 is 0 Å². The molecule has 1 heteroatoms. The van der Waals surface area contributed by atoms with Crippen molar-refractivity contribution in [2.45, 2.75) is 94.7 Å². The SMILES string of the molecule is CC.CC.CC.CCC(C)NC(C)C(C)C. The minimum Gasteiger partial charge on any atom is -0.312 e. The van der Waals surface area contributed by atoms with Gasteiger partial charge in [0.05, 0.1) is 0 Å². The lowest BCUT2D eigenvalue weighted by Gasteiger charge is -2.21. The predicted octanol–water partition coefficient (Wildman–Crippen LogP) is 5.50. The molecule has 0 aliphatic carbocycles. The fraction of sp³-hybridized carbons (Fsp3) is 1.00. The van der Waals surface area contributed by atoms with E-state index in [1.807, 2.05) is 41.5 Å². The Balaban J connectivity index is -0.000000103. The highest BCUT2D eigenvalue weighted by atomic mass is 14.9. The lowest BCUT2D eigenvalue weighted by atomic mass is 10.1. The van der Waals surface area contributed by atoms with Gasteiger partial charge in [-0.1, -0.05) is 62.3 Å². The second-order valence-electron chi connectivity index (χ2n) is 3.51. The summed E-state index contributed by atoms with van der Waals surface area (Å²) in [4.78, 5) is 0. The van der Waals surface area contributed by atoms with E-state index in [-0.39, 0.29) is 0 Å². The van der Waals surface area contributed by atoms with Crippen molar-refractivity contribution in [2.24, 2.45) is 5.92 Å². The Labute approximate surface area is 106 Å². The van der Waals surface area contributed by atoms with Gasteiger partial charge >= 0.3 is 0 Å². The fourth-order valence-electron chi connectivity index (χ4n) is 0.759. The summed E-state index contributed by atoms with van der Waals surface area (Å²) in [7, 11) is 0. The third-order valence-electron chi connectivity index (χ3n) is 2.16. The van der Waals surface area contributed by atoms with Gasteiger partial charge in [0.15, 0.2) is 0 Å². The topological polar surface area (TPSA) is 12.0 Å². The van der Waals surface area contributed by atoms with E-state index in [9.17, 15) is 0 Å². The number of hydrogen-bond donors (Lipinski definition) is 1. The van der Waals surface area contributed by atoms with E-state index >= 15 is 0 Å². The Morgan fingerprint density at radius 3 is 1.25 bits per heavy atom. The Bertz CT molecular complexity index is 79.5. The van der Waals surface area contributed by atoms with Gasteiger partial charge < -0.3 is 5.32 Å². The lowest BCUT2D eigenvalue weighted by Crippen LogP contribution is -2.37. The molecule has 0 bridgehead atoms. The highest BCUT2D eigenvalue weighted by molar-refractivity contribution is 4.68. The molecule has 16 heavy (non-hydrogen) atoms. The summed E-state index contributed by atoms with van der Waals surface area (Å²) in [6.07, 6.45) is 1.22. The van der Waals surface area contributed by atoms with Crippen LogP contribution < -0.4 is 5.32 Å². The van der Waals surface area contributed by atoms with E-state index < -0.39 is 0 Å². The Hall–Kier alpha value is -0.0400. The van der Waals surface area contributed by atoms with Crippen molar-refractivity contribution in [1.29, 1.82) is 0 Å². The highest BCUT2D eigenvalue weighted by Crippen LogP contribution is 2.01. The van der Waals surface area contributed by atoms with Gasteiger partial charge in [-0.2, -0.15) is 0 Å². The van der Waals surface area contributed by atoms with Gasteiger partial charge in [-0.25, -0.2) is 0 Å². The molecule has 0 radical (unpaired) electrons. The van der Waals surface area contributed by atoms with Crippen molar-refractivity contribution in [2.75, 3.05) is 0 Å². The maximum Gasteiger partial charge on any atom is 0.00642 e. The van der Waals surface area contributed by atoms with Crippen LogP contribution >= 0.6 is 0 Å².